The van der Waals surface area contributed by atoms with Gasteiger partial charge in [0.25, 0.3) is 0 Å². The second kappa shape index (κ2) is 9.83. The zero-order chi connectivity index (χ0) is 17.3. The summed E-state index contributed by atoms with van der Waals surface area (Å²) in [5.41, 5.74) is 7.21. The van der Waals surface area contributed by atoms with E-state index in [0.29, 0.717) is 12.2 Å². The Morgan fingerprint density at radius 3 is 2.52 bits per heavy atom. The number of carbonyl (C=O) groups is 1. The van der Waals surface area contributed by atoms with Crippen molar-refractivity contribution in [3.63, 3.8) is 0 Å². The van der Waals surface area contributed by atoms with Crippen molar-refractivity contribution in [2.75, 3.05) is 11.9 Å². The fourth-order valence-corrected chi connectivity index (χ4v) is 3.03. The van der Waals surface area contributed by atoms with Crippen LogP contribution in [-0.4, -0.2) is 21.4 Å². The minimum atomic E-state index is -0.940. The number of benzene rings is 1. The van der Waals surface area contributed by atoms with E-state index in [4.69, 9.17) is 5.73 Å². The number of rotatable bonds is 9. The monoisotopic (exact) mass is 338 g/mol. The van der Waals surface area contributed by atoms with E-state index < -0.39 is 10.8 Å². The van der Waals surface area contributed by atoms with Crippen LogP contribution in [0.4, 0.5) is 5.69 Å². The van der Waals surface area contributed by atoms with Gasteiger partial charge in [0.1, 0.15) is 0 Å². The minimum Gasteiger partial charge on any atom is -0.330 e. The van der Waals surface area contributed by atoms with Crippen LogP contribution < -0.4 is 11.1 Å². The molecule has 0 aromatic heterocycles. The van der Waals surface area contributed by atoms with Crippen molar-refractivity contribution in [1.29, 1.82) is 0 Å². The van der Waals surface area contributed by atoms with Crippen LogP contribution in [0, 0.1) is 0 Å². The molecule has 1 aromatic carbocycles. The Hall–Kier alpha value is -1.20. The molecule has 0 saturated carbocycles. The summed E-state index contributed by atoms with van der Waals surface area (Å²) in [7, 11) is -0.940. The zero-order valence-electron chi connectivity index (χ0n) is 14.6. The Balaban J connectivity index is 2.47. The third-order valence-corrected chi connectivity index (χ3v) is 5.51. The molecule has 0 aliphatic heterocycles. The Morgan fingerprint density at radius 2 is 1.87 bits per heavy atom. The van der Waals surface area contributed by atoms with Crippen LogP contribution in [0.25, 0.3) is 0 Å². The number of hydrogen-bond acceptors (Lipinski definition) is 3. The molecule has 0 aliphatic rings. The molecule has 5 heteroatoms. The van der Waals surface area contributed by atoms with E-state index in [1.807, 2.05) is 45.0 Å². The molecule has 0 saturated heterocycles. The van der Waals surface area contributed by atoms with Crippen LogP contribution in [0.15, 0.2) is 24.3 Å². The minimum absolute atomic E-state index is 0.0341. The first kappa shape index (κ1) is 19.8. The van der Waals surface area contributed by atoms with Crippen LogP contribution >= 0.6 is 0 Å². The van der Waals surface area contributed by atoms with Crippen molar-refractivity contribution in [3.8, 4) is 0 Å². The van der Waals surface area contributed by atoms with Gasteiger partial charge < -0.3 is 11.1 Å². The van der Waals surface area contributed by atoms with Crippen molar-refractivity contribution in [1.82, 2.24) is 0 Å². The van der Waals surface area contributed by atoms with Gasteiger partial charge in [0.05, 0.1) is 0 Å². The molecule has 3 N–H and O–H groups in total. The first-order valence-electron chi connectivity index (χ1n) is 8.30. The van der Waals surface area contributed by atoms with Gasteiger partial charge in [-0.3, -0.25) is 9.00 Å². The lowest BCUT2D eigenvalue weighted by molar-refractivity contribution is -0.116. The third-order valence-electron chi connectivity index (χ3n) is 3.55. The molecule has 0 heterocycles. The number of unbranched alkanes of at least 4 members (excludes halogenated alkanes) is 3. The van der Waals surface area contributed by atoms with Gasteiger partial charge >= 0.3 is 0 Å². The van der Waals surface area contributed by atoms with Gasteiger partial charge in [-0.1, -0.05) is 25.0 Å². The number of nitrogens with one attached hydrogen (secondary N) is 1. The van der Waals surface area contributed by atoms with E-state index in [1.165, 1.54) is 0 Å². The van der Waals surface area contributed by atoms with Crippen LogP contribution in [-0.2, 0) is 21.3 Å². The summed E-state index contributed by atoms with van der Waals surface area (Å²) in [5.74, 6) is 0.540. The molecule has 1 unspecified atom stereocenters. The third kappa shape index (κ3) is 8.28. The highest BCUT2D eigenvalue weighted by atomic mass is 32.2. The van der Waals surface area contributed by atoms with E-state index in [2.05, 4.69) is 5.32 Å². The molecule has 1 aromatic rings. The van der Waals surface area contributed by atoms with E-state index in [9.17, 15) is 9.00 Å². The van der Waals surface area contributed by atoms with Crippen molar-refractivity contribution in [2.45, 2.75) is 63.4 Å². The zero-order valence-corrected chi connectivity index (χ0v) is 15.4. The highest BCUT2D eigenvalue weighted by Gasteiger charge is 2.19. The number of carbonyl (C=O) groups excluding carboxylic acids is 1. The first-order valence-corrected chi connectivity index (χ1v) is 9.62. The van der Waals surface area contributed by atoms with Crippen molar-refractivity contribution in [3.05, 3.63) is 29.8 Å². The standard InChI is InChI=1S/C18H30N2O2S/c1-18(2,3)23(22)14-15-9-8-10-16(13-15)20-17(21)11-6-4-5-7-12-19/h8-10,13H,4-7,11-12,14,19H2,1-3H3,(H,20,21). The Kier molecular flexibility index (Phi) is 8.48. The van der Waals surface area contributed by atoms with Crippen LogP contribution in [0.2, 0.25) is 0 Å². The summed E-state index contributed by atoms with van der Waals surface area (Å²) in [5, 5.41) is 2.92. The average molecular weight is 339 g/mol. The van der Waals surface area contributed by atoms with Gasteiger partial charge in [0.15, 0.2) is 0 Å². The van der Waals surface area contributed by atoms with Gasteiger partial charge in [0.2, 0.25) is 5.91 Å². The van der Waals surface area contributed by atoms with Crippen molar-refractivity contribution in [2.24, 2.45) is 5.73 Å². The molecule has 130 valence electrons. The Bertz CT molecular complexity index is 524. The van der Waals surface area contributed by atoms with E-state index >= 15 is 0 Å². The lowest BCUT2D eigenvalue weighted by Crippen LogP contribution is -2.23. The first-order chi connectivity index (χ1) is 10.8. The summed E-state index contributed by atoms with van der Waals surface area (Å²) in [6, 6.07) is 7.63. The Labute approximate surface area is 142 Å². The van der Waals surface area contributed by atoms with Gasteiger partial charge in [-0.05, 0) is 57.9 Å². The lowest BCUT2D eigenvalue weighted by atomic mass is 10.1. The molecule has 1 amide bonds. The number of anilines is 1. The van der Waals surface area contributed by atoms with Crippen LogP contribution in [0.3, 0.4) is 0 Å². The quantitative estimate of drug-likeness (QED) is 0.676. The maximum absolute atomic E-state index is 12.2. The average Bonchev–Trinajstić information content (AvgIpc) is 2.46. The Morgan fingerprint density at radius 1 is 1.17 bits per heavy atom. The second-order valence-electron chi connectivity index (χ2n) is 6.80. The predicted octanol–water partition coefficient (Wildman–Crippen LogP) is 3.58. The molecule has 0 spiro atoms. The van der Waals surface area contributed by atoms with Crippen molar-refractivity contribution < 1.29 is 9.00 Å². The summed E-state index contributed by atoms with van der Waals surface area (Å²) in [6.45, 7) is 6.63. The molecule has 23 heavy (non-hydrogen) atoms. The fraction of sp³-hybridized carbons (Fsp3) is 0.611. The fourth-order valence-electron chi connectivity index (χ4n) is 2.11. The number of amides is 1. The van der Waals surface area contributed by atoms with E-state index in [-0.39, 0.29) is 10.7 Å². The highest BCUT2D eigenvalue weighted by molar-refractivity contribution is 7.85. The smallest absolute Gasteiger partial charge is 0.224 e. The largest absolute Gasteiger partial charge is 0.330 e. The molecule has 0 radical (unpaired) electrons. The van der Waals surface area contributed by atoms with Gasteiger partial charge in [-0.25, -0.2) is 0 Å². The highest BCUT2D eigenvalue weighted by Crippen LogP contribution is 2.19. The second-order valence-corrected chi connectivity index (χ2v) is 9.01. The van der Waals surface area contributed by atoms with Crippen LogP contribution in [0.5, 0.6) is 0 Å². The van der Waals surface area contributed by atoms with E-state index in [1.54, 1.807) is 0 Å². The van der Waals surface area contributed by atoms with E-state index in [0.717, 1.165) is 43.5 Å². The van der Waals surface area contributed by atoms with Crippen LogP contribution in [0.1, 0.15) is 58.4 Å². The molecular weight excluding hydrogens is 308 g/mol. The molecule has 1 atom stereocenters. The molecule has 0 bridgehead atoms. The molecule has 1 rings (SSSR count). The number of nitrogens with two attached hydrogens (primary N) is 1. The SMILES string of the molecule is CC(C)(C)S(=O)Cc1cccc(NC(=O)CCCCCCN)c1. The maximum Gasteiger partial charge on any atom is 0.224 e. The molecule has 0 fully saturated rings. The molecule has 4 nitrogen and oxygen atoms in total. The molecular formula is C18H30N2O2S. The lowest BCUT2D eigenvalue weighted by Gasteiger charge is -2.18. The normalized spacial score (nSPS) is 12.9. The predicted molar refractivity (Wildman–Crippen MR) is 98.8 cm³/mol. The summed E-state index contributed by atoms with van der Waals surface area (Å²) < 4.78 is 12.0. The molecule has 0 aliphatic carbocycles. The topological polar surface area (TPSA) is 72.2 Å². The summed E-state index contributed by atoms with van der Waals surface area (Å²) >= 11 is 0. The maximum atomic E-state index is 12.2. The van der Waals surface area contributed by atoms with Gasteiger partial charge in [-0.15, -0.1) is 0 Å². The van der Waals surface area contributed by atoms with Gasteiger partial charge in [-0.2, -0.15) is 0 Å². The summed E-state index contributed by atoms with van der Waals surface area (Å²) in [6.07, 6.45) is 4.56. The van der Waals surface area contributed by atoms with Gasteiger partial charge in [0, 0.05) is 33.4 Å². The van der Waals surface area contributed by atoms with Crippen molar-refractivity contribution >= 4 is 22.4 Å². The summed E-state index contributed by atoms with van der Waals surface area (Å²) in [4.78, 5) is 11.9. The number of hydrogen-bond donors (Lipinski definition) is 2.